The molecular formula is C26H26O8S. The van der Waals surface area contributed by atoms with Gasteiger partial charge in [0.15, 0.2) is 12.4 Å². The SMILES string of the molecule is Cc1ccc(S(=O)(=O)O[C@H]2[C@@H](Oc3ccccc3)O[C@@H]3COC(c4ccccc4)O[C@H]3[C@@H]2O)cc1. The molecule has 0 spiro atoms. The number of benzene rings is 3. The zero-order valence-corrected chi connectivity index (χ0v) is 19.8. The Balaban J connectivity index is 1.42. The van der Waals surface area contributed by atoms with Crippen LogP contribution >= 0.6 is 0 Å². The number of para-hydroxylation sites is 1. The summed E-state index contributed by atoms with van der Waals surface area (Å²) in [7, 11) is -4.25. The Kier molecular flexibility index (Phi) is 6.88. The highest BCUT2D eigenvalue weighted by molar-refractivity contribution is 7.86. The van der Waals surface area contributed by atoms with Crippen LogP contribution in [0.25, 0.3) is 0 Å². The number of ether oxygens (including phenoxy) is 4. The maximum absolute atomic E-state index is 13.1. The van der Waals surface area contributed by atoms with Gasteiger partial charge in [0, 0.05) is 5.56 Å². The summed E-state index contributed by atoms with van der Waals surface area (Å²) in [4.78, 5) is -0.0362. The summed E-state index contributed by atoms with van der Waals surface area (Å²) in [5.74, 6) is 0.435. The van der Waals surface area contributed by atoms with E-state index in [1.54, 1.807) is 36.4 Å². The van der Waals surface area contributed by atoms with Crippen LogP contribution in [-0.2, 0) is 28.5 Å². The first-order chi connectivity index (χ1) is 16.9. The van der Waals surface area contributed by atoms with E-state index in [1.165, 1.54) is 12.1 Å². The lowest BCUT2D eigenvalue weighted by atomic mass is 9.98. The largest absolute Gasteiger partial charge is 0.462 e. The van der Waals surface area contributed by atoms with Gasteiger partial charge in [0.2, 0.25) is 6.29 Å². The van der Waals surface area contributed by atoms with Gasteiger partial charge in [0.05, 0.1) is 11.5 Å². The lowest BCUT2D eigenvalue weighted by Gasteiger charge is -2.46. The third-order valence-corrected chi connectivity index (χ3v) is 7.25. The molecule has 35 heavy (non-hydrogen) atoms. The lowest BCUT2D eigenvalue weighted by Crippen LogP contribution is -2.63. The molecule has 0 amide bonds. The number of hydrogen-bond acceptors (Lipinski definition) is 8. The average Bonchev–Trinajstić information content (AvgIpc) is 2.88. The van der Waals surface area contributed by atoms with Gasteiger partial charge in [-0.15, -0.1) is 0 Å². The highest BCUT2D eigenvalue weighted by atomic mass is 32.2. The van der Waals surface area contributed by atoms with Crippen LogP contribution in [0.2, 0.25) is 0 Å². The van der Waals surface area contributed by atoms with Crippen molar-refractivity contribution in [2.45, 2.75) is 48.8 Å². The third-order valence-electron chi connectivity index (χ3n) is 5.92. The van der Waals surface area contributed by atoms with Gasteiger partial charge in [0.25, 0.3) is 10.1 Å². The average molecular weight is 499 g/mol. The Morgan fingerprint density at radius 2 is 1.54 bits per heavy atom. The molecular weight excluding hydrogens is 472 g/mol. The maximum Gasteiger partial charge on any atom is 0.297 e. The molecule has 0 radical (unpaired) electrons. The Morgan fingerprint density at radius 3 is 2.23 bits per heavy atom. The molecule has 6 atom stereocenters. The third kappa shape index (κ3) is 5.25. The van der Waals surface area contributed by atoms with E-state index in [9.17, 15) is 13.5 Å². The molecule has 9 heteroatoms. The van der Waals surface area contributed by atoms with Crippen molar-refractivity contribution in [3.63, 3.8) is 0 Å². The molecule has 0 saturated carbocycles. The normalized spacial score (nSPS) is 28.7. The Morgan fingerprint density at radius 1 is 0.886 bits per heavy atom. The van der Waals surface area contributed by atoms with Crippen molar-refractivity contribution in [3.05, 3.63) is 96.1 Å². The van der Waals surface area contributed by atoms with Crippen molar-refractivity contribution in [1.82, 2.24) is 0 Å². The van der Waals surface area contributed by atoms with E-state index < -0.39 is 47.1 Å². The van der Waals surface area contributed by atoms with Gasteiger partial charge >= 0.3 is 0 Å². The molecule has 1 N–H and O–H groups in total. The molecule has 2 heterocycles. The first-order valence-electron chi connectivity index (χ1n) is 11.3. The van der Waals surface area contributed by atoms with E-state index in [-0.39, 0.29) is 11.5 Å². The maximum atomic E-state index is 13.1. The van der Waals surface area contributed by atoms with Crippen LogP contribution in [0, 0.1) is 6.92 Å². The van der Waals surface area contributed by atoms with Crippen molar-refractivity contribution in [1.29, 1.82) is 0 Å². The number of fused-ring (bicyclic) bond motifs is 1. The van der Waals surface area contributed by atoms with Crippen LogP contribution in [0.5, 0.6) is 5.75 Å². The van der Waals surface area contributed by atoms with E-state index in [0.29, 0.717) is 5.75 Å². The standard InChI is InChI=1S/C26H26O8S/c1-17-12-14-20(15-13-17)35(28,29)34-24-22(27)23-21(32-26(24)31-19-10-6-3-7-11-19)16-30-25(33-23)18-8-4-2-5-9-18/h2-15,21-27H,16H2,1H3/t21-,22+,23-,24-,25?,26+/m1/s1. The highest BCUT2D eigenvalue weighted by Gasteiger charge is 2.52. The zero-order valence-electron chi connectivity index (χ0n) is 19.0. The summed E-state index contributed by atoms with van der Waals surface area (Å²) in [6.45, 7) is 1.97. The molecule has 5 rings (SSSR count). The van der Waals surface area contributed by atoms with Gasteiger partial charge in [-0.1, -0.05) is 66.2 Å². The minimum Gasteiger partial charge on any atom is -0.462 e. The predicted molar refractivity (Wildman–Crippen MR) is 125 cm³/mol. The minimum atomic E-state index is -4.25. The van der Waals surface area contributed by atoms with Crippen molar-refractivity contribution in [3.8, 4) is 5.75 Å². The first kappa shape index (κ1) is 23.9. The quantitative estimate of drug-likeness (QED) is 0.517. The van der Waals surface area contributed by atoms with E-state index >= 15 is 0 Å². The van der Waals surface area contributed by atoms with Crippen LogP contribution in [0.15, 0.2) is 89.8 Å². The van der Waals surface area contributed by atoms with Gasteiger partial charge in [-0.25, -0.2) is 0 Å². The topological polar surface area (TPSA) is 101 Å². The Hall–Kier alpha value is -2.79. The first-order valence-corrected chi connectivity index (χ1v) is 12.7. The lowest BCUT2D eigenvalue weighted by molar-refractivity contribution is -0.346. The van der Waals surface area contributed by atoms with Crippen LogP contribution in [0.4, 0.5) is 0 Å². The van der Waals surface area contributed by atoms with Crippen molar-refractivity contribution in [2.24, 2.45) is 0 Å². The second-order valence-electron chi connectivity index (χ2n) is 8.47. The predicted octanol–water partition coefficient (Wildman–Crippen LogP) is 3.35. The van der Waals surface area contributed by atoms with E-state index in [2.05, 4.69) is 0 Å². The van der Waals surface area contributed by atoms with Gasteiger partial charge in [0.1, 0.15) is 24.1 Å². The van der Waals surface area contributed by atoms with E-state index in [0.717, 1.165) is 11.1 Å². The number of aliphatic hydroxyl groups is 1. The molecule has 8 nitrogen and oxygen atoms in total. The highest BCUT2D eigenvalue weighted by Crippen LogP contribution is 2.36. The summed E-state index contributed by atoms with van der Waals surface area (Å²) in [6, 6.07) is 24.3. The number of aryl methyl sites for hydroxylation is 1. The number of rotatable bonds is 6. The van der Waals surface area contributed by atoms with Crippen LogP contribution in [0.1, 0.15) is 17.4 Å². The van der Waals surface area contributed by atoms with Crippen molar-refractivity contribution < 1.29 is 36.7 Å². The molecule has 1 unspecified atom stereocenters. The number of hydrogen-bond donors (Lipinski definition) is 1. The summed E-state index contributed by atoms with van der Waals surface area (Å²) in [5.41, 5.74) is 1.67. The smallest absolute Gasteiger partial charge is 0.297 e. The van der Waals surface area contributed by atoms with Gasteiger partial charge in [-0.2, -0.15) is 8.42 Å². The summed E-state index contributed by atoms with van der Waals surface area (Å²) < 4.78 is 55.5. The molecule has 2 saturated heterocycles. The van der Waals surface area contributed by atoms with Crippen LogP contribution < -0.4 is 4.74 Å². The fourth-order valence-electron chi connectivity index (χ4n) is 4.08. The van der Waals surface area contributed by atoms with Crippen LogP contribution in [0.3, 0.4) is 0 Å². The molecule has 2 aliphatic heterocycles. The molecule has 2 aliphatic rings. The van der Waals surface area contributed by atoms with Gasteiger partial charge in [-0.05, 0) is 31.2 Å². The summed E-state index contributed by atoms with van der Waals surface area (Å²) in [6.07, 6.45) is -6.33. The zero-order chi connectivity index (χ0) is 24.4. The van der Waals surface area contributed by atoms with Crippen LogP contribution in [-0.4, -0.2) is 50.8 Å². The Bertz CT molecular complexity index is 1220. The minimum absolute atomic E-state index is 0.0362. The fourth-order valence-corrected chi connectivity index (χ4v) is 5.16. The van der Waals surface area contributed by atoms with Crippen molar-refractivity contribution >= 4 is 10.1 Å². The monoisotopic (exact) mass is 498 g/mol. The molecule has 3 aromatic carbocycles. The molecule has 0 bridgehead atoms. The van der Waals surface area contributed by atoms with E-state index in [1.807, 2.05) is 43.3 Å². The summed E-state index contributed by atoms with van der Waals surface area (Å²) >= 11 is 0. The molecule has 3 aromatic rings. The second kappa shape index (κ2) is 10.1. The molecule has 0 aliphatic carbocycles. The number of aliphatic hydroxyl groups excluding tert-OH is 1. The molecule has 0 aromatic heterocycles. The fraction of sp³-hybridized carbons (Fsp3) is 0.308. The summed E-state index contributed by atoms with van der Waals surface area (Å²) in [5, 5.41) is 11.3. The van der Waals surface area contributed by atoms with Gasteiger partial charge in [-0.3, -0.25) is 4.18 Å². The molecule has 184 valence electrons. The second-order valence-corrected chi connectivity index (χ2v) is 10.0. The molecule has 2 fully saturated rings. The van der Waals surface area contributed by atoms with Gasteiger partial charge < -0.3 is 24.1 Å². The Labute approximate surface area is 204 Å². The van der Waals surface area contributed by atoms with E-state index in [4.69, 9.17) is 23.1 Å². The van der Waals surface area contributed by atoms with Crippen molar-refractivity contribution in [2.75, 3.05) is 6.61 Å².